The Hall–Kier alpha value is -2.26. The molecule has 1 atom stereocenters. The van der Waals surface area contributed by atoms with Crippen LogP contribution in [0, 0.1) is 0 Å². The molecule has 0 saturated carbocycles. The molecule has 26 heavy (non-hydrogen) atoms. The number of aliphatic hydroxyl groups is 2. The van der Waals surface area contributed by atoms with Gasteiger partial charge in [-0.3, -0.25) is 9.59 Å². The Kier molecular flexibility index (Phi) is 13.7. The summed E-state index contributed by atoms with van der Waals surface area (Å²) >= 11 is 0. The molecule has 148 valence electrons. The molecule has 0 fully saturated rings. The van der Waals surface area contributed by atoms with E-state index >= 15 is 0 Å². The number of unbranched alkanes of at least 4 members (excludes halogenated alkanes) is 5. The number of carbonyl (C=O) groups excluding carboxylic acids is 3. The van der Waals surface area contributed by atoms with Crippen molar-refractivity contribution in [3.8, 4) is 0 Å². The third-order valence-electron chi connectivity index (χ3n) is 3.23. The number of aliphatic hydroxyl groups excluding tert-OH is 2. The lowest BCUT2D eigenvalue weighted by molar-refractivity contribution is -0.150. The Morgan fingerprint density at radius 1 is 0.962 bits per heavy atom. The molecule has 0 radical (unpaired) electrons. The van der Waals surface area contributed by atoms with Gasteiger partial charge in [0.15, 0.2) is 0 Å². The second-order valence-corrected chi connectivity index (χ2v) is 5.61. The van der Waals surface area contributed by atoms with Crippen molar-refractivity contribution in [3.05, 3.63) is 12.2 Å². The average Bonchev–Trinajstić information content (AvgIpc) is 2.98. The van der Waals surface area contributed by atoms with E-state index in [2.05, 4.69) is 4.74 Å². The highest BCUT2D eigenvalue weighted by Gasteiger charge is 2.10. The van der Waals surface area contributed by atoms with Crippen molar-refractivity contribution in [1.29, 1.82) is 0 Å². The Bertz CT molecular complexity index is 469. The van der Waals surface area contributed by atoms with Crippen LogP contribution < -0.4 is 0 Å². The lowest BCUT2D eigenvalue weighted by atomic mass is 10.1. The second-order valence-electron chi connectivity index (χ2n) is 5.61. The number of cyclic esters (lactones) is 2. The summed E-state index contributed by atoms with van der Waals surface area (Å²) in [5.74, 6) is -2.28. The minimum atomic E-state index is -1.00. The summed E-state index contributed by atoms with van der Waals surface area (Å²) in [7, 11) is 0. The molecule has 1 heterocycles. The van der Waals surface area contributed by atoms with Gasteiger partial charge in [0.2, 0.25) is 0 Å². The normalized spacial score (nSPS) is 13.6. The van der Waals surface area contributed by atoms with Crippen molar-refractivity contribution in [2.75, 3.05) is 13.2 Å². The third-order valence-corrected chi connectivity index (χ3v) is 3.23. The van der Waals surface area contributed by atoms with Crippen LogP contribution in [0.15, 0.2) is 12.2 Å². The summed E-state index contributed by atoms with van der Waals surface area (Å²) in [4.78, 5) is 41.3. The van der Waals surface area contributed by atoms with Crippen LogP contribution in [-0.4, -0.2) is 58.5 Å². The first kappa shape index (κ1) is 23.7. The molecule has 9 heteroatoms. The molecule has 0 aromatic carbocycles. The van der Waals surface area contributed by atoms with Crippen LogP contribution in [0.2, 0.25) is 0 Å². The number of aliphatic carboxylic acids is 1. The first-order chi connectivity index (χ1) is 12.3. The van der Waals surface area contributed by atoms with Crippen LogP contribution >= 0.6 is 0 Å². The smallest absolute Gasteiger partial charge is 0.338 e. The van der Waals surface area contributed by atoms with E-state index in [0.29, 0.717) is 12.8 Å². The first-order valence-corrected chi connectivity index (χ1v) is 8.45. The summed E-state index contributed by atoms with van der Waals surface area (Å²) in [5, 5.41) is 25.9. The fourth-order valence-corrected chi connectivity index (χ4v) is 1.87. The molecule has 0 aromatic heterocycles. The minimum Gasteiger partial charge on any atom is -0.481 e. The van der Waals surface area contributed by atoms with E-state index in [-0.39, 0.29) is 19.0 Å². The Balaban J connectivity index is 0.000000735. The topological polar surface area (TPSA) is 147 Å². The molecule has 0 saturated heterocycles. The molecular weight excluding hydrogens is 348 g/mol. The van der Waals surface area contributed by atoms with Crippen LogP contribution in [0.1, 0.15) is 51.4 Å². The van der Waals surface area contributed by atoms with Gasteiger partial charge in [-0.2, -0.15) is 0 Å². The van der Waals surface area contributed by atoms with Crippen LogP contribution in [-0.2, 0) is 28.7 Å². The van der Waals surface area contributed by atoms with Crippen molar-refractivity contribution >= 4 is 23.9 Å². The van der Waals surface area contributed by atoms with Crippen molar-refractivity contribution in [2.24, 2.45) is 0 Å². The number of carbonyl (C=O) groups is 4. The molecule has 0 aliphatic carbocycles. The van der Waals surface area contributed by atoms with Crippen molar-refractivity contribution in [3.63, 3.8) is 0 Å². The summed E-state index contributed by atoms with van der Waals surface area (Å²) in [6.45, 7) is -0.575. The fourth-order valence-electron chi connectivity index (χ4n) is 1.87. The van der Waals surface area contributed by atoms with Crippen LogP contribution in [0.5, 0.6) is 0 Å². The molecule has 1 unspecified atom stereocenters. The maximum atomic E-state index is 11.2. The molecule has 1 rings (SSSR count). The van der Waals surface area contributed by atoms with Gasteiger partial charge in [0, 0.05) is 25.0 Å². The van der Waals surface area contributed by atoms with Crippen molar-refractivity contribution in [2.45, 2.75) is 57.5 Å². The number of esters is 3. The zero-order valence-electron chi connectivity index (χ0n) is 14.6. The largest absolute Gasteiger partial charge is 0.481 e. The quantitative estimate of drug-likeness (QED) is 0.255. The van der Waals surface area contributed by atoms with Gasteiger partial charge in [0.25, 0.3) is 0 Å². The molecule has 1 aliphatic rings. The number of hydrogen-bond acceptors (Lipinski definition) is 8. The zero-order valence-corrected chi connectivity index (χ0v) is 14.6. The van der Waals surface area contributed by atoms with Gasteiger partial charge in [-0.1, -0.05) is 25.7 Å². The standard InChI is InChI=1S/C13H24O6.C4H2O3/c14-9-11(15)10-19-13(18)8-6-4-2-1-3-5-7-12(16)17;5-3-1-2-4(6)7-3/h11,14-15H,1-10H2,(H,16,17);1-2H. The Labute approximate surface area is 151 Å². The maximum Gasteiger partial charge on any atom is 0.338 e. The highest BCUT2D eigenvalue weighted by Crippen LogP contribution is 2.09. The molecule has 3 N–H and O–H groups in total. The third kappa shape index (κ3) is 15.3. The predicted octanol–water partition coefficient (Wildman–Crippen LogP) is 0.714. The highest BCUT2D eigenvalue weighted by molar-refractivity contribution is 6.04. The van der Waals surface area contributed by atoms with Gasteiger partial charge in [-0.05, 0) is 12.8 Å². The Morgan fingerprint density at radius 3 is 1.88 bits per heavy atom. The molecule has 0 spiro atoms. The van der Waals surface area contributed by atoms with E-state index in [4.69, 9.17) is 20.1 Å². The molecule has 0 bridgehead atoms. The van der Waals surface area contributed by atoms with E-state index < -0.39 is 30.6 Å². The van der Waals surface area contributed by atoms with E-state index in [1.54, 1.807) is 0 Å². The van der Waals surface area contributed by atoms with Gasteiger partial charge >= 0.3 is 23.9 Å². The summed E-state index contributed by atoms with van der Waals surface area (Å²) in [5.41, 5.74) is 0. The lowest BCUT2D eigenvalue weighted by Crippen LogP contribution is -2.21. The molecule has 9 nitrogen and oxygen atoms in total. The first-order valence-electron chi connectivity index (χ1n) is 8.45. The van der Waals surface area contributed by atoms with Crippen molar-refractivity contribution in [1.82, 2.24) is 0 Å². The molecular formula is C17H26O9. The van der Waals surface area contributed by atoms with Crippen molar-refractivity contribution < 1.29 is 44.0 Å². The monoisotopic (exact) mass is 374 g/mol. The molecule has 1 aliphatic heterocycles. The van der Waals surface area contributed by atoms with Gasteiger partial charge < -0.3 is 24.8 Å². The van der Waals surface area contributed by atoms with Gasteiger partial charge in [0.05, 0.1) is 6.61 Å². The van der Waals surface area contributed by atoms with Gasteiger partial charge in [-0.25, -0.2) is 9.59 Å². The summed E-state index contributed by atoms with van der Waals surface area (Å²) in [6.07, 6.45) is 6.90. The van der Waals surface area contributed by atoms with Gasteiger partial charge in [-0.15, -0.1) is 0 Å². The lowest BCUT2D eigenvalue weighted by Gasteiger charge is -2.08. The number of rotatable bonds is 12. The summed E-state index contributed by atoms with van der Waals surface area (Å²) < 4.78 is 8.72. The van der Waals surface area contributed by atoms with Crippen LogP contribution in [0.3, 0.4) is 0 Å². The summed E-state index contributed by atoms with van der Waals surface area (Å²) in [6, 6.07) is 0. The fraction of sp³-hybridized carbons (Fsp3) is 0.647. The number of carboxylic acids is 1. The van der Waals surface area contributed by atoms with E-state index in [9.17, 15) is 19.2 Å². The number of carboxylic acid groups (broad SMARTS) is 1. The minimum absolute atomic E-state index is 0.162. The van der Waals surface area contributed by atoms with E-state index in [0.717, 1.165) is 44.3 Å². The number of hydrogen-bond donors (Lipinski definition) is 3. The van der Waals surface area contributed by atoms with Gasteiger partial charge in [0.1, 0.15) is 12.7 Å². The van der Waals surface area contributed by atoms with Crippen LogP contribution in [0.4, 0.5) is 0 Å². The predicted molar refractivity (Wildman–Crippen MR) is 88.9 cm³/mol. The van der Waals surface area contributed by atoms with E-state index in [1.165, 1.54) is 0 Å². The zero-order chi connectivity index (χ0) is 19.8. The Morgan fingerprint density at radius 2 is 1.46 bits per heavy atom. The number of ether oxygens (including phenoxy) is 2. The second kappa shape index (κ2) is 15.0. The molecule has 0 amide bonds. The molecule has 0 aromatic rings. The van der Waals surface area contributed by atoms with Crippen LogP contribution in [0.25, 0.3) is 0 Å². The van der Waals surface area contributed by atoms with E-state index in [1.807, 2.05) is 0 Å². The maximum absolute atomic E-state index is 11.2. The SMILES string of the molecule is O=C(O)CCCCCCCCC(=O)OCC(O)CO.O=C1C=CC(=O)O1. The average molecular weight is 374 g/mol. The highest BCUT2D eigenvalue weighted by atomic mass is 16.6.